The van der Waals surface area contributed by atoms with E-state index in [-0.39, 0.29) is 5.41 Å². The first kappa shape index (κ1) is 21.4. The van der Waals surface area contributed by atoms with Crippen molar-refractivity contribution in [3.05, 3.63) is 130 Å². The van der Waals surface area contributed by atoms with Crippen LogP contribution in [-0.2, 0) is 11.8 Å². The van der Waals surface area contributed by atoms with Crippen LogP contribution in [0.15, 0.2) is 97.1 Å². The van der Waals surface area contributed by atoms with Crippen LogP contribution in [0.1, 0.15) is 33.4 Å². The second-order valence-electron chi connectivity index (χ2n) is 10.0. The van der Waals surface area contributed by atoms with E-state index in [0.717, 1.165) is 17.8 Å². The fourth-order valence-corrected chi connectivity index (χ4v) is 7.43. The summed E-state index contributed by atoms with van der Waals surface area (Å²) in [6.45, 7) is 0. The van der Waals surface area contributed by atoms with Crippen molar-refractivity contribution >= 4 is 41.5 Å². The van der Waals surface area contributed by atoms with Gasteiger partial charge in [-0.05, 0) is 98.7 Å². The minimum absolute atomic E-state index is 0.377. The average Bonchev–Trinajstić information content (AvgIpc) is 3.42. The Balaban J connectivity index is 1.55. The van der Waals surface area contributed by atoms with Gasteiger partial charge >= 0.3 is 0 Å². The van der Waals surface area contributed by atoms with Crippen LogP contribution in [0.4, 0.5) is 22.7 Å². The summed E-state index contributed by atoms with van der Waals surface area (Å²) >= 11 is 0. The summed E-state index contributed by atoms with van der Waals surface area (Å²) < 4.78 is 0. The molecule has 37 heavy (non-hydrogen) atoms. The van der Waals surface area contributed by atoms with Gasteiger partial charge in [0.1, 0.15) is 0 Å². The zero-order valence-electron chi connectivity index (χ0n) is 20.1. The van der Waals surface area contributed by atoms with Crippen LogP contribution in [0.25, 0.3) is 22.3 Å². The molecular weight excluding hydrogens is 488 g/mol. The minimum Gasteiger partial charge on any atom is -0.369 e. The smallest absolute Gasteiger partial charge is 0.0727 e. The van der Waals surface area contributed by atoms with Crippen molar-refractivity contribution in [1.82, 2.24) is 0 Å². The van der Waals surface area contributed by atoms with Gasteiger partial charge in [-0.3, -0.25) is 0 Å². The van der Waals surface area contributed by atoms with Gasteiger partial charge in [0.05, 0.1) is 16.8 Å². The first-order chi connectivity index (χ1) is 18.3. The molecule has 1 aliphatic heterocycles. The van der Waals surface area contributed by atoms with Gasteiger partial charge in [-0.1, -0.05) is 72.8 Å². The largest absolute Gasteiger partial charge is 0.369 e. The number of para-hydroxylation sites is 1. The molecular formula is C32H25N3P2. The molecule has 178 valence electrons. The van der Waals surface area contributed by atoms with Crippen molar-refractivity contribution < 1.29 is 0 Å². The second kappa shape index (κ2) is 7.68. The molecule has 5 aromatic rings. The molecule has 0 radical (unpaired) electrons. The van der Waals surface area contributed by atoms with Crippen molar-refractivity contribution in [2.45, 2.75) is 11.8 Å². The SMILES string of the molecule is PNc1ccc2c(c1)C1(c3ccccc3-c3ccccc31)c1cc(NP)c3c(c1-2)Cc1ccccc1N3. The average molecular weight is 514 g/mol. The lowest BCUT2D eigenvalue weighted by molar-refractivity contribution is 0.794. The minimum atomic E-state index is -0.377. The summed E-state index contributed by atoms with van der Waals surface area (Å²) in [5.41, 5.74) is 17.6. The molecule has 0 saturated carbocycles. The van der Waals surface area contributed by atoms with Crippen molar-refractivity contribution in [3.8, 4) is 22.3 Å². The Labute approximate surface area is 221 Å². The number of rotatable bonds is 2. The zero-order chi connectivity index (χ0) is 24.7. The van der Waals surface area contributed by atoms with Gasteiger partial charge < -0.3 is 15.5 Å². The zero-order valence-corrected chi connectivity index (χ0v) is 22.4. The maximum atomic E-state index is 3.77. The molecule has 2 aliphatic carbocycles. The van der Waals surface area contributed by atoms with Crippen molar-refractivity contribution in [2.24, 2.45) is 0 Å². The van der Waals surface area contributed by atoms with Gasteiger partial charge in [0, 0.05) is 17.8 Å². The molecule has 0 fully saturated rings. The molecule has 0 aromatic heterocycles. The number of fused-ring (bicyclic) bond motifs is 13. The van der Waals surface area contributed by atoms with E-state index in [0.29, 0.717) is 0 Å². The molecule has 5 heteroatoms. The number of hydrogen-bond acceptors (Lipinski definition) is 3. The van der Waals surface area contributed by atoms with Gasteiger partial charge in [-0.25, -0.2) is 0 Å². The third kappa shape index (κ3) is 2.64. The molecule has 1 heterocycles. The Morgan fingerprint density at radius 1 is 0.649 bits per heavy atom. The summed E-state index contributed by atoms with van der Waals surface area (Å²) in [6.07, 6.45) is 0.892. The lowest BCUT2D eigenvalue weighted by Crippen LogP contribution is -2.26. The van der Waals surface area contributed by atoms with Gasteiger partial charge in [0.15, 0.2) is 0 Å². The molecule has 5 aromatic carbocycles. The van der Waals surface area contributed by atoms with Crippen molar-refractivity contribution in [1.29, 1.82) is 0 Å². The van der Waals surface area contributed by atoms with Crippen LogP contribution in [0.3, 0.4) is 0 Å². The number of nitrogens with one attached hydrogen (secondary N) is 3. The lowest BCUT2D eigenvalue weighted by Gasteiger charge is -2.32. The van der Waals surface area contributed by atoms with E-state index >= 15 is 0 Å². The van der Waals surface area contributed by atoms with Crippen LogP contribution in [0.5, 0.6) is 0 Å². The van der Waals surface area contributed by atoms with Crippen LogP contribution < -0.4 is 15.5 Å². The Hall–Kier alpha value is -3.64. The summed E-state index contributed by atoms with van der Waals surface area (Å²) in [5.74, 6) is 0. The normalized spacial score (nSPS) is 14.5. The highest BCUT2D eigenvalue weighted by molar-refractivity contribution is 7.18. The molecule has 2 atom stereocenters. The van der Waals surface area contributed by atoms with E-state index in [4.69, 9.17) is 0 Å². The highest BCUT2D eigenvalue weighted by Crippen LogP contribution is 2.65. The Bertz CT molecular complexity index is 1730. The van der Waals surface area contributed by atoms with E-state index in [2.05, 4.69) is 131 Å². The molecule has 8 rings (SSSR count). The van der Waals surface area contributed by atoms with Gasteiger partial charge in [-0.15, -0.1) is 0 Å². The van der Waals surface area contributed by atoms with E-state index < -0.39 is 0 Å². The van der Waals surface area contributed by atoms with Crippen molar-refractivity contribution in [3.63, 3.8) is 0 Å². The van der Waals surface area contributed by atoms with Crippen LogP contribution in [0, 0.1) is 0 Å². The molecule has 0 amide bonds. The number of hydrogen-bond donors (Lipinski definition) is 3. The molecule has 0 saturated heterocycles. The van der Waals surface area contributed by atoms with E-state index in [9.17, 15) is 0 Å². The highest BCUT2D eigenvalue weighted by Gasteiger charge is 2.53. The maximum Gasteiger partial charge on any atom is 0.0727 e. The summed E-state index contributed by atoms with van der Waals surface area (Å²) in [4.78, 5) is 0. The Kier molecular flexibility index (Phi) is 4.45. The fraction of sp³-hybridized carbons (Fsp3) is 0.0625. The molecule has 3 nitrogen and oxygen atoms in total. The first-order valence-electron chi connectivity index (χ1n) is 12.6. The molecule has 2 unspecified atom stereocenters. The maximum absolute atomic E-state index is 3.77. The summed E-state index contributed by atoms with van der Waals surface area (Å²) in [5, 5.41) is 10.6. The van der Waals surface area contributed by atoms with Crippen LogP contribution in [-0.4, -0.2) is 0 Å². The van der Waals surface area contributed by atoms with E-state index in [1.54, 1.807) is 0 Å². The van der Waals surface area contributed by atoms with Crippen molar-refractivity contribution in [2.75, 3.05) is 15.5 Å². The summed E-state index contributed by atoms with van der Waals surface area (Å²) in [7, 11) is 5.40. The first-order valence-corrected chi connectivity index (χ1v) is 13.7. The van der Waals surface area contributed by atoms with Gasteiger partial charge in [0.25, 0.3) is 0 Å². The van der Waals surface area contributed by atoms with Gasteiger partial charge in [-0.2, -0.15) is 0 Å². The number of benzene rings is 5. The topological polar surface area (TPSA) is 36.1 Å². The monoisotopic (exact) mass is 513 g/mol. The Morgan fingerprint density at radius 2 is 1.35 bits per heavy atom. The standard InChI is InChI=1S/C32H25N3P2/c36-34-19-13-14-22-26(16-19)32(24-10-4-2-8-20(24)21-9-3-5-11-25(21)32)27-17-29(35-37)31-23(30(22)27)15-18-7-1-6-12-28(18)33-31/h1-14,16-17,33-35H,15,36-37H2. The van der Waals surface area contributed by atoms with Crippen LogP contribution >= 0.6 is 18.8 Å². The second-order valence-corrected chi connectivity index (χ2v) is 10.6. The Morgan fingerprint density at radius 3 is 2.08 bits per heavy atom. The molecule has 3 N–H and O–H groups in total. The third-order valence-corrected chi connectivity index (χ3v) is 9.09. The van der Waals surface area contributed by atoms with E-state index in [1.807, 2.05) is 0 Å². The predicted molar refractivity (Wildman–Crippen MR) is 162 cm³/mol. The molecule has 1 spiro atoms. The van der Waals surface area contributed by atoms with Gasteiger partial charge in [0.2, 0.25) is 0 Å². The fourth-order valence-electron chi connectivity index (χ4n) is 7.02. The lowest BCUT2D eigenvalue weighted by atomic mass is 9.70. The summed E-state index contributed by atoms with van der Waals surface area (Å²) in [6, 6.07) is 35.8. The predicted octanol–water partition coefficient (Wildman–Crippen LogP) is 8.08. The quantitative estimate of drug-likeness (QED) is 0.205. The molecule has 0 bridgehead atoms. The van der Waals surface area contributed by atoms with E-state index in [1.165, 1.54) is 67.0 Å². The van der Waals surface area contributed by atoms with Crippen LogP contribution in [0.2, 0.25) is 0 Å². The molecule has 3 aliphatic rings. The number of anilines is 4. The highest BCUT2D eigenvalue weighted by atomic mass is 31.0. The third-order valence-electron chi connectivity index (χ3n) is 8.45.